The molecule has 0 aromatic heterocycles. The first kappa shape index (κ1) is 14.2. The number of carbonyl (C=O) groups excluding carboxylic acids is 1. The Kier molecular flexibility index (Phi) is 4.00. The molecule has 4 nitrogen and oxygen atoms in total. The van der Waals surface area contributed by atoms with Gasteiger partial charge >= 0.3 is 5.97 Å². The first-order chi connectivity index (χ1) is 7.69. The largest absolute Gasteiger partial charge is 0.477 e. The molecule has 17 heavy (non-hydrogen) atoms. The predicted octanol–water partition coefficient (Wildman–Crippen LogP) is 1.96. The Labute approximate surface area is 108 Å². The van der Waals surface area contributed by atoms with Crippen molar-refractivity contribution in [3.63, 3.8) is 0 Å². The van der Waals surface area contributed by atoms with Crippen LogP contribution < -0.4 is 0 Å². The zero-order valence-electron chi connectivity index (χ0n) is 9.57. The Balaban J connectivity index is 2.83. The third kappa shape index (κ3) is 2.53. The molecule has 0 aromatic carbocycles. The summed E-state index contributed by atoms with van der Waals surface area (Å²) in [5.74, 6) is -1.44. The van der Waals surface area contributed by atoms with Crippen LogP contribution in [0, 0.1) is 0 Å². The highest BCUT2D eigenvalue weighted by Crippen LogP contribution is 2.43. The van der Waals surface area contributed by atoms with E-state index >= 15 is 0 Å². The van der Waals surface area contributed by atoms with Crippen LogP contribution in [0.2, 0.25) is 0 Å². The highest BCUT2D eigenvalue weighted by atomic mass is 35.5. The average Bonchev–Trinajstić information content (AvgIpc) is 2.21. The van der Waals surface area contributed by atoms with E-state index < -0.39 is 11.1 Å². The Morgan fingerprint density at radius 3 is 2.59 bits per heavy atom. The molecule has 0 spiro atoms. The lowest BCUT2D eigenvalue weighted by atomic mass is 9.84. The van der Waals surface area contributed by atoms with Gasteiger partial charge in [-0.2, -0.15) is 0 Å². The zero-order chi connectivity index (χ0) is 13.4. The minimum atomic E-state index is -1.19. The second-order valence-corrected chi connectivity index (χ2v) is 6.02. The maximum absolute atomic E-state index is 11.8. The molecule has 6 heteroatoms. The molecule has 0 aliphatic carbocycles. The van der Waals surface area contributed by atoms with Crippen LogP contribution in [-0.4, -0.2) is 33.1 Å². The number of nitrogens with zero attached hydrogens (tertiary/aromatic N) is 1. The Hall–Kier alpha value is -0.860. The van der Waals surface area contributed by atoms with E-state index in [0.29, 0.717) is 17.9 Å². The number of carboxylic acids is 1. The van der Waals surface area contributed by atoms with Gasteiger partial charge in [-0.1, -0.05) is 24.8 Å². The number of rotatable bonds is 5. The fourth-order valence-electron chi connectivity index (χ4n) is 1.88. The van der Waals surface area contributed by atoms with Crippen LogP contribution in [0.1, 0.15) is 19.8 Å². The van der Waals surface area contributed by atoms with E-state index in [1.54, 1.807) is 6.92 Å². The van der Waals surface area contributed by atoms with E-state index in [4.69, 9.17) is 16.7 Å². The van der Waals surface area contributed by atoms with E-state index in [1.165, 1.54) is 4.90 Å². The molecule has 0 saturated carbocycles. The van der Waals surface area contributed by atoms with Gasteiger partial charge in [-0.25, -0.2) is 4.79 Å². The number of aliphatic carboxylic acids is 1. The van der Waals surface area contributed by atoms with Crippen LogP contribution in [0.5, 0.6) is 0 Å². The van der Waals surface area contributed by atoms with Gasteiger partial charge in [0.1, 0.15) is 5.70 Å². The lowest BCUT2D eigenvalue weighted by Crippen LogP contribution is -2.69. The topological polar surface area (TPSA) is 57.6 Å². The summed E-state index contributed by atoms with van der Waals surface area (Å²) in [6, 6.07) is -0.223. The second kappa shape index (κ2) is 4.79. The highest BCUT2D eigenvalue weighted by Gasteiger charge is 2.55. The molecule has 3 atom stereocenters. The van der Waals surface area contributed by atoms with Crippen molar-refractivity contribution in [3.8, 4) is 0 Å². The van der Waals surface area contributed by atoms with Crippen molar-refractivity contribution in [2.75, 3.05) is 0 Å². The molecule has 1 heterocycles. The summed E-state index contributed by atoms with van der Waals surface area (Å²) in [6.07, 6.45) is 1.10. The molecule has 94 valence electrons. The minimum absolute atomic E-state index is 0.194. The molecular weight excluding hydrogens is 261 g/mol. The van der Waals surface area contributed by atoms with Gasteiger partial charge in [0.05, 0.1) is 11.2 Å². The van der Waals surface area contributed by atoms with Crippen molar-refractivity contribution in [1.82, 2.24) is 4.90 Å². The van der Waals surface area contributed by atoms with Gasteiger partial charge in [-0.3, -0.25) is 4.79 Å². The smallest absolute Gasteiger partial charge is 0.351 e. The molecule has 1 aliphatic rings. The van der Waals surface area contributed by atoms with Crippen molar-refractivity contribution in [2.24, 2.45) is 0 Å². The lowest BCUT2D eigenvalue weighted by Gasteiger charge is -2.52. The summed E-state index contributed by atoms with van der Waals surface area (Å²) < 4.78 is 0. The van der Waals surface area contributed by atoms with Gasteiger partial charge in [0.2, 0.25) is 5.91 Å². The van der Waals surface area contributed by atoms with Crippen molar-refractivity contribution in [1.29, 1.82) is 0 Å². The Bertz CT molecular complexity index is 406. The van der Waals surface area contributed by atoms with Crippen molar-refractivity contribution in [3.05, 3.63) is 23.9 Å². The first-order valence-corrected chi connectivity index (χ1v) is 6.03. The monoisotopic (exact) mass is 275 g/mol. The summed E-state index contributed by atoms with van der Waals surface area (Å²) in [5.41, 5.74) is -0.194. The standard InChI is InChI=1S/C11H15ClNO3P/c1-6(12)4-5-8-11(3,17)10(16)13(8)7(2)9(14)15/h8H,1-2,4-5,17H2,3H3,(H,14,15)/t8?,11-/m1/s1. The number of likely N-dealkylation sites (tertiary alicyclic amines) is 1. The molecule has 0 bridgehead atoms. The third-order valence-corrected chi connectivity index (χ3v) is 3.73. The molecule has 1 saturated heterocycles. The Morgan fingerprint density at radius 2 is 2.18 bits per heavy atom. The van der Waals surface area contributed by atoms with Crippen LogP contribution in [0.15, 0.2) is 23.9 Å². The van der Waals surface area contributed by atoms with Crippen LogP contribution in [0.25, 0.3) is 0 Å². The predicted molar refractivity (Wildman–Crippen MR) is 69.8 cm³/mol. The number of β-lactam (4-membered cyclic amide) rings is 1. The third-order valence-electron chi connectivity index (χ3n) is 2.91. The first-order valence-electron chi connectivity index (χ1n) is 5.07. The van der Waals surface area contributed by atoms with Crippen molar-refractivity contribution in [2.45, 2.75) is 31.0 Å². The van der Waals surface area contributed by atoms with Gasteiger partial charge in [0.15, 0.2) is 0 Å². The average molecular weight is 276 g/mol. The van der Waals surface area contributed by atoms with Crippen LogP contribution in [0.3, 0.4) is 0 Å². The summed E-state index contributed by atoms with van der Waals surface area (Å²) in [7, 11) is 2.47. The normalized spacial score (nSPS) is 27.6. The number of carboxylic acid groups (broad SMARTS) is 1. The number of hydrogen-bond donors (Lipinski definition) is 1. The van der Waals surface area contributed by atoms with E-state index in [2.05, 4.69) is 22.4 Å². The van der Waals surface area contributed by atoms with Gasteiger partial charge in [0.25, 0.3) is 0 Å². The maximum Gasteiger partial charge on any atom is 0.351 e. The number of amides is 1. The summed E-state index contributed by atoms with van der Waals surface area (Å²) in [5, 5.41) is 8.70. The molecule has 1 rings (SSSR count). The number of carbonyl (C=O) groups is 2. The second-order valence-electron chi connectivity index (χ2n) is 4.28. The number of hydrogen-bond acceptors (Lipinski definition) is 2. The van der Waals surface area contributed by atoms with Gasteiger partial charge in [-0.15, -0.1) is 9.24 Å². The summed E-state index contributed by atoms with van der Waals surface area (Å²) in [6.45, 7) is 8.74. The summed E-state index contributed by atoms with van der Waals surface area (Å²) >= 11 is 5.68. The minimum Gasteiger partial charge on any atom is -0.477 e. The maximum atomic E-state index is 11.8. The van der Waals surface area contributed by atoms with E-state index in [-0.39, 0.29) is 17.6 Å². The fraction of sp³-hybridized carbons (Fsp3) is 0.455. The zero-order valence-corrected chi connectivity index (χ0v) is 11.5. The summed E-state index contributed by atoms with van der Waals surface area (Å²) in [4.78, 5) is 23.9. The van der Waals surface area contributed by atoms with Crippen LogP contribution in [-0.2, 0) is 9.59 Å². The molecule has 0 radical (unpaired) electrons. The van der Waals surface area contributed by atoms with E-state index in [1.807, 2.05) is 0 Å². The lowest BCUT2D eigenvalue weighted by molar-refractivity contribution is -0.153. The van der Waals surface area contributed by atoms with Gasteiger partial charge < -0.3 is 10.0 Å². The molecule has 2 unspecified atom stereocenters. The molecule has 1 aliphatic heterocycles. The highest BCUT2D eigenvalue weighted by molar-refractivity contribution is 7.21. The van der Waals surface area contributed by atoms with E-state index in [0.717, 1.165) is 0 Å². The van der Waals surface area contributed by atoms with Crippen LogP contribution >= 0.6 is 20.8 Å². The SMILES string of the molecule is C=C(Cl)CCC1N(C(=C)C(=O)O)C(=O)[C@]1(C)P. The van der Waals surface area contributed by atoms with E-state index in [9.17, 15) is 9.59 Å². The molecular formula is C11H15ClNO3P. The van der Waals surface area contributed by atoms with Crippen molar-refractivity contribution < 1.29 is 14.7 Å². The molecule has 1 fully saturated rings. The van der Waals surface area contributed by atoms with Gasteiger partial charge in [0, 0.05) is 5.03 Å². The number of allylic oxidation sites excluding steroid dienone is 1. The molecule has 1 amide bonds. The Morgan fingerprint density at radius 1 is 1.65 bits per heavy atom. The number of halogens is 1. The quantitative estimate of drug-likeness (QED) is 0.474. The van der Waals surface area contributed by atoms with Gasteiger partial charge in [-0.05, 0) is 19.8 Å². The van der Waals surface area contributed by atoms with Crippen molar-refractivity contribution >= 4 is 32.7 Å². The molecule has 0 aromatic rings. The fourth-order valence-corrected chi connectivity index (χ4v) is 2.45. The van der Waals surface area contributed by atoms with Crippen LogP contribution in [0.4, 0.5) is 0 Å². The molecule has 1 N–H and O–H groups in total.